The maximum Gasteiger partial charge on any atom is 0.226 e. The van der Waals surface area contributed by atoms with Crippen LogP contribution in [0.5, 0.6) is 0 Å². The summed E-state index contributed by atoms with van der Waals surface area (Å²) in [6, 6.07) is 15.7. The molecule has 3 aromatic rings. The highest BCUT2D eigenvalue weighted by molar-refractivity contribution is 5.88. The van der Waals surface area contributed by atoms with Crippen molar-refractivity contribution in [1.29, 1.82) is 0 Å². The fraction of sp³-hybridized carbons (Fsp3) is 0.464. The summed E-state index contributed by atoms with van der Waals surface area (Å²) in [5.74, 6) is -0.176. The number of carbonyl (C=O) groups is 1. The van der Waals surface area contributed by atoms with Crippen LogP contribution >= 0.6 is 0 Å². The van der Waals surface area contributed by atoms with Crippen molar-refractivity contribution >= 4 is 16.8 Å². The number of aromatic nitrogens is 1. The standard InChI is InChI=1S/C28H35FN4O/c1-31(27(34)19-22-21-30-26-20-24(29)9-10-25(22)26)17-18-32-15-11-28(12-16-32,33-13-5-6-14-33)23-7-3-2-4-8-23/h2-4,7-10,20-21,30H,5-6,11-19H2,1H3. The van der Waals surface area contributed by atoms with Crippen molar-refractivity contribution in [3.8, 4) is 0 Å². The minimum Gasteiger partial charge on any atom is -0.361 e. The Bertz CT molecular complexity index is 1110. The summed E-state index contributed by atoms with van der Waals surface area (Å²) in [6.45, 7) is 6.13. The second kappa shape index (κ2) is 9.88. The lowest BCUT2D eigenvalue weighted by atomic mass is 9.79. The lowest BCUT2D eigenvalue weighted by Crippen LogP contribution is -2.53. The molecule has 5 nitrogen and oxygen atoms in total. The van der Waals surface area contributed by atoms with Crippen LogP contribution in [0, 0.1) is 5.82 Å². The number of amides is 1. The molecule has 1 amide bonds. The Kier molecular flexibility index (Phi) is 6.70. The van der Waals surface area contributed by atoms with Gasteiger partial charge in [0.05, 0.1) is 6.42 Å². The first kappa shape index (κ1) is 23.1. The van der Waals surface area contributed by atoms with E-state index in [1.165, 1.54) is 43.6 Å². The molecular weight excluding hydrogens is 427 g/mol. The Morgan fingerprint density at radius 1 is 1.06 bits per heavy atom. The van der Waals surface area contributed by atoms with Crippen molar-refractivity contribution in [2.75, 3.05) is 46.3 Å². The molecule has 180 valence electrons. The van der Waals surface area contributed by atoms with Crippen LogP contribution in [-0.4, -0.2) is 71.9 Å². The van der Waals surface area contributed by atoms with E-state index < -0.39 is 0 Å². The van der Waals surface area contributed by atoms with Crippen molar-refractivity contribution in [1.82, 2.24) is 19.7 Å². The minimum atomic E-state index is -0.271. The highest BCUT2D eigenvalue weighted by Crippen LogP contribution is 2.40. The molecular formula is C28H35FN4O. The summed E-state index contributed by atoms with van der Waals surface area (Å²) < 4.78 is 13.4. The predicted molar refractivity (Wildman–Crippen MR) is 134 cm³/mol. The van der Waals surface area contributed by atoms with Gasteiger partial charge in [-0.2, -0.15) is 0 Å². The summed E-state index contributed by atoms with van der Waals surface area (Å²) in [4.78, 5) is 23.0. The van der Waals surface area contributed by atoms with Crippen LogP contribution in [0.15, 0.2) is 54.7 Å². The summed E-state index contributed by atoms with van der Waals surface area (Å²) in [6.07, 6.45) is 7.03. The van der Waals surface area contributed by atoms with Crippen LogP contribution in [0.1, 0.15) is 36.8 Å². The molecule has 0 spiro atoms. The first-order chi connectivity index (χ1) is 16.5. The normalized spacial score (nSPS) is 19.0. The molecule has 2 fully saturated rings. The molecule has 0 saturated carbocycles. The van der Waals surface area contributed by atoms with Crippen molar-refractivity contribution in [3.63, 3.8) is 0 Å². The van der Waals surface area contributed by atoms with Gasteiger partial charge in [-0.15, -0.1) is 0 Å². The largest absolute Gasteiger partial charge is 0.361 e. The number of hydrogen-bond donors (Lipinski definition) is 1. The van der Waals surface area contributed by atoms with Gasteiger partial charge >= 0.3 is 0 Å². The summed E-state index contributed by atoms with van der Waals surface area (Å²) in [5, 5.41) is 0.915. The van der Waals surface area contributed by atoms with Gasteiger partial charge in [-0.05, 0) is 68.1 Å². The molecule has 6 heteroatoms. The van der Waals surface area contributed by atoms with E-state index in [2.05, 4.69) is 45.1 Å². The van der Waals surface area contributed by atoms with Crippen LogP contribution in [0.4, 0.5) is 4.39 Å². The zero-order valence-electron chi connectivity index (χ0n) is 20.1. The van der Waals surface area contributed by atoms with Gasteiger partial charge in [0, 0.05) is 55.9 Å². The number of halogens is 1. The van der Waals surface area contributed by atoms with Crippen molar-refractivity contribution in [2.45, 2.75) is 37.6 Å². The van der Waals surface area contributed by atoms with Gasteiger partial charge in [-0.1, -0.05) is 30.3 Å². The molecule has 0 bridgehead atoms. The average Bonchev–Trinajstić information content (AvgIpc) is 3.54. The number of fused-ring (bicyclic) bond motifs is 1. The molecule has 5 rings (SSSR count). The summed E-state index contributed by atoms with van der Waals surface area (Å²) in [5.41, 5.74) is 3.27. The van der Waals surface area contributed by atoms with Crippen LogP contribution in [0.2, 0.25) is 0 Å². The smallest absolute Gasteiger partial charge is 0.226 e. The quantitative estimate of drug-likeness (QED) is 0.566. The lowest BCUT2D eigenvalue weighted by molar-refractivity contribution is -0.129. The number of aromatic amines is 1. The number of nitrogens with zero attached hydrogens (tertiary/aromatic N) is 3. The van der Waals surface area contributed by atoms with Crippen LogP contribution in [-0.2, 0) is 16.8 Å². The Balaban J connectivity index is 1.16. The number of carbonyl (C=O) groups excluding carboxylic acids is 1. The molecule has 1 N–H and O–H groups in total. The van der Waals surface area contributed by atoms with E-state index in [9.17, 15) is 9.18 Å². The average molecular weight is 463 g/mol. The van der Waals surface area contributed by atoms with Crippen molar-refractivity contribution in [2.24, 2.45) is 0 Å². The molecule has 34 heavy (non-hydrogen) atoms. The molecule has 2 aliphatic heterocycles. The van der Waals surface area contributed by atoms with Crippen molar-refractivity contribution in [3.05, 3.63) is 71.7 Å². The van der Waals surface area contributed by atoms with Crippen LogP contribution < -0.4 is 0 Å². The van der Waals surface area contributed by atoms with Gasteiger partial charge < -0.3 is 14.8 Å². The number of H-pyrrole nitrogens is 1. The number of piperidine rings is 1. The van der Waals surface area contributed by atoms with Crippen molar-refractivity contribution < 1.29 is 9.18 Å². The van der Waals surface area contributed by atoms with Crippen LogP contribution in [0.25, 0.3) is 10.9 Å². The number of likely N-dealkylation sites (N-methyl/N-ethyl adjacent to an activating group) is 1. The Morgan fingerprint density at radius 3 is 2.53 bits per heavy atom. The second-order valence-corrected chi connectivity index (χ2v) is 9.93. The molecule has 0 radical (unpaired) electrons. The van der Waals surface area contributed by atoms with Gasteiger partial charge in [0.2, 0.25) is 5.91 Å². The van der Waals surface area contributed by atoms with E-state index in [4.69, 9.17) is 0 Å². The maximum atomic E-state index is 13.4. The topological polar surface area (TPSA) is 42.6 Å². The highest BCUT2D eigenvalue weighted by atomic mass is 19.1. The molecule has 0 aliphatic carbocycles. The molecule has 0 atom stereocenters. The molecule has 0 unspecified atom stereocenters. The van der Waals surface area contributed by atoms with E-state index >= 15 is 0 Å². The van der Waals surface area contributed by atoms with Crippen LogP contribution in [0.3, 0.4) is 0 Å². The number of likely N-dealkylation sites (tertiary alicyclic amines) is 2. The van der Waals surface area contributed by atoms with Gasteiger partial charge in [0.1, 0.15) is 5.82 Å². The first-order valence-corrected chi connectivity index (χ1v) is 12.6. The predicted octanol–water partition coefficient (Wildman–Crippen LogP) is 4.40. The Morgan fingerprint density at radius 2 is 1.79 bits per heavy atom. The fourth-order valence-corrected chi connectivity index (χ4v) is 5.85. The third kappa shape index (κ3) is 4.62. The fourth-order valence-electron chi connectivity index (χ4n) is 5.85. The van der Waals surface area contributed by atoms with Gasteiger partial charge in [0.15, 0.2) is 0 Å². The Labute approximate surface area is 201 Å². The zero-order chi connectivity index (χ0) is 23.5. The highest BCUT2D eigenvalue weighted by Gasteiger charge is 2.42. The minimum absolute atomic E-state index is 0.0953. The Hall–Kier alpha value is -2.70. The van der Waals surface area contributed by atoms with Gasteiger partial charge in [-0.25, -0.2) is 4.39 Å². The second-order valence-electron chi connectivity index (χ2n) is 9.93. The lowest BCUT2D eigenvalue weighted by Gasteiger charge is -2.48. The van der Waals surface area contributed by atoms with E-state index in [1.807, 2.05) is 18.1 Å². The number of rotatable bonds is 7. The van der Waals surface area contributed by atoms with E-state index in [0.717, 1.165) is 55.5 Å². The first-order valence-electron chi connectivity index (χ1n) is 12.6. The third-order valence-corrected chi connectivity index (χ3v) is 7.95. The van der Waals surface area contributed by atoms with E-state index in [-0.39, 0.29) is 17.3 Å². The molecule has 2 aromatic carbocycles. The van der Waals surface area contributed by atoms with Gasteiger partial charge in [0.25, 0.3) is 0 Å². The third-order valence-electron chi connectivity index (χ3n) is 7.95. The summed E-state index contributed by atoms with van der Waals surface area (Å²) >= 11 is 0. The molecule has 2 saturated heterocycles. The van der Waals surface area contributed by atoms with E-state index in [0.29, 0.717) is 6.42 Å². The van der Waals surface area contributed by atoms with E-state index in [1.54, 1.807) is 6.07 Å². The number of hydrogen-bond acceptors (Lipinski definition) is 3. The zero-order valence-corrected chi connectivity index (χ0v) is 20.1. The van der Waals surface area contributed by atoms with Gasteiger partial charge in [-0.3, -0.25) is 9.69 Å². The molecule has 2 aliphatic rings. The maximum absolute atomic E-state index is 13.4. The monoisotopic (exact) mass is 462 g/mol. The molecule has 1 aromatic heterocycles. The molecule has 3 heterocycles. The SMILES string of the molecule is CN(CCN1CCC(c2ccccc2)(N2CCCC2)CC1)C(=O)Cc1c[nH]c2cc(F)ccc12. The number of benzene rings is 2. The summed E-state index contributed by atoms with van der Waals surface area (Å²) in [7, 11) is 1.89. The number of nitrogens with one attached hydrogen (secondary N) is 1.